The van der Waals surface area contributed by atoms with Crippen LogP contribution in [0.5, 0.6) is 0 Å². The van der Waals surface area contributed by atoms with Gasteiger partial charge >= 0.3 is 6.03 Å². The molecule has 4 aliphatic carbocycles. The number of carbonyl (C=O) groups excluding carboxylic acids is 1. The normalized spacial score (nSPS) is 35.6. The lowest BCUT2D eigenvalue weighted by molar-refractivity contribution is -0.186. The molecule has 1 aromatic rings. The van der Waals surface area contributed by atoms with Crippen LogP contribution in [0.25, 0.3) is 0 Å². The molecule has 0 aromatic heterocycles. The predicted molar refractivity (Wildman–Crippen MR) is 93.4 cm³/mol. The summed E-state index contributed by atoms with van der Waals surface area (Å²) in [6.07, 6.45) is 6.40. The van der Waals surface area contributed by atoms with Crippen LogP contribution in [0.2, 0.25) is 0 Å². The van der Waals surface area contributed by atoms with E-state index in [-0.39, 0.29) is 17.4 Å². The van der Waals surface area contributed by atoms with Crippen molar-refractivity contribution in [3.8, 4) is 0 Å². The molecule has 2 N–H and O–H groups in total. The van der Waals surface area contributed by atoms with Crippen LogP contribution in [0.1, 0.15) is 37.7 Å². The third-order valence-corrected chi connectivity index (χ3v) is 6.79. The molecule has 0 saturated heterocycles. The summed E-state index contributed by atoms with van der Waals surface area (Å²) in [6.45, 7) is 0.969. The minimum Gasteiger partial charge on any atom is -0.376 e. The Hall–Kier alpha value is -1.62. The third-order valence-electron chi connectivity index (χ3n) is 6.79. The quantitative estimate of drug-likeness (QED) is 0.858. The van der Waals surface area contributed by atoms with Gasteiger partial charge in [-0.05, 0) is 73.5 Å². The summed E-state index contributed by atoms with van der Waals surface area (Å²) >= 11 is 0. The first-order valence-electron chi connectivity index (χ1n) is 9.40. The van der Waals surface area contributed by atoms with Crippen molar-refractivity contribution in [1.29, 1.82) is 0 Å². The first kappa shape index (κ1) is 16.8. The van der Waals surface area contributed by atoms with Crippen molar-refractivity contribution in [3.05, 3.63) is 35.6 Å². The number of urea groups is 1. The van der Waals surface area contributed by atoms with Crippen LogP contribution in [-0.4, -0.2) is 25.3 Å². The summed E-state index contributed by atoms with van der Waals surface area (Å²) in [4.78, 5) is 12.2. The number of rotatable bonds is 5. The minimum atomic E-state index is -0.267. The molecule has 1 aromatic carbocycles. The number of ether oxygens (including phenoxy) is 1. The first-order chi connectivity index (χ1) is 12.1. The molecular weight excluding hydrogens is 319 g/mol. The van der Waals surface area contributed by atoms with Crippen molar-refractivity contribution >= 4 is 6.03 Å². The molecule has 25 heavy (non-hydrogen) atoms. The maximum absolute atomic E-state index is 12.9. The van der Waals surface area contributed by atoms with Gasteiger partial charge in [0.25, 0.3) is 0 Å². The molecule has 0 heterocycles. The molecule has 0 unspecified atom stereocenters. The Morgan fingerprint density at radius 1 is 1.08 bits per heavy atom. The molecule has 5 heteroatoms. The molecule has 4 fully saturated rings. The van der Waals surface area contributed by atoms with Gasteiger partial charge in [0.05, 0.1) is 5.60 Å². The van der Waals surface area contributed by atoms with Crippen LogP contribution >= 0.6 is 0 Å². The fourth-order valence-corrected chi connectivity index (χ4v) is 5.74. The number of benzene rings is 1. The summed E-state index contributed by atoms with van der Waals surface area (Å²) in [5.41, 5.74) is 0.688. The second-order valence-corrected chi connectivity index (χ2v) is 8.13. The van der Waals surface area contributed by atoms with E-state index in [0.29, 0.717) is 24.9 Å². The Morgan fingerprint density at radius 3 is 2.24 bits per heavy atom. The van der Waals surface area contributed by atoms with Crippen molar-refractivity contribution in [3.63, 3.8) is 0 Å². The zero-order chi connectivity index (χ0) is 17.4. The molecule has 4 bridgehead atoms. The van der Waals surface area contributed by atoms with E-state index in [1.165, 1.54) is 44.2 Å². The predicted octanol–water partition coefficient (Wildman–Crippen LogP) is 3.47. The van der Waals surface area contributed by atoms with Gasteiger partial charge in [0.2, 0.25) is 0 Å². The zero-order valence-corrected chi connectivity index (χ0v) is 14.8. The van der Waals surface area contributed by atoms with Crippen molar-refractivity contribution < 1.29 is 13.9 Å². The van der Waals surface area contributed by atoms with E-state index < -0.39 is 0 Å². The molecule has 4 nitrogen and oxygen atoms in total. The van der Waals surface area contributed by atoms with Gasteiger partial charge in [0, 0.05) is 20.2 Å². The van der Waals surface area contributed by atoms with E-state index in [1.807, 2.05) is 0 Å². The maximum Gasteiger partial charge on any atom is 0.315 e. The highest BCUT2D eigenvalue weighted by molar-refractivity contribution is 5.73. The largest absolute Gasteiger partial charge is 0.376 e. The molecular formula is C20H27FN2O2. The molecule has 0 spiro atoms. The Bertz CT molecular complexity index is 603. The lowest BCUT2D eigenvalue weighted by atomic mass is 9.49. The van der Waals surface area contributed by atoms with Crippen LogP contribution in [0.3, 0.4) is 0 Å². The molecule has 2 amide bonds. The summed E-state index contributed by atoms with van der Waals surface area (Å²) in [5, 5.41) is 5.89. The maximum atomic E-state index is 12.9. The molecule has 136 valence electrons. The second-order valence-electron chi connectivity index (χ2n) is 8.13. The Balaban J connectivity index is 1.33. The zero-order valence-electron chi connectivity index (χ0n) is 14.8. The summed E-state index contributed by atoms with van der Waals surface area (Å²) in [7, 11) is 1.81. The smallest absolute Gasteiger partial charge is 0.315 e. The van der Waals surface area contributed by atoms with Gasteiger partial charge in [0.15, 0.2) is 0 Å². The van der Waals surface area contributed by atoms with Crippen molar-refractivity contribution in [2.24, 2.45) is 23.7 Å². The summed E-state index contributed by atoms with van der Waals surface area (Å²) in [6, 6.07) is 6.00. The van der Waals surface area contributed by atoms with Gasteiger partial charge in [-0.25, -0.2) is 9.18 Å². The van der Waals surface area contributed by atoms with E-state index in [1.54, 1.807) is 19.2 Å². The van der Waals surface area contributed by atoms with Crippen LogP contribution < -0.4 is 10.6 Å². The number of halogens is 1. The van der Waals surface area contributed by atoms with Gasteiger partial charge in [-0.1, -0.05) is 12.1 Å². The Kier molecular flexibility index (Phi) is 4.44. The molecule has 4 aliphatic rings. The van der Waals surface area contributed by atoms with E-state index in [9.17, 15) is 9.18 Å². The van der Waals surface area contributed by atoms with E-state index in [2.05, 4.69) is 10.6 Å². The molecule has 0 aliphatic heterocycles. The minimum absolute atomic E-state index is 0.186. The lowest BCUT2D eigenvalue weighted by Crippen LogP contribution is -2.63. The Labute approximate surface area is 148 Å². The fourth-order valence-electron chi connectivity index (χ4n) is 5.74. The van der Waals surface area contributed by atoms with Gasteiger partial charge < -0.3 is 15.4 Å². The van der Waals surface area contributed by atoms with E-state index >= 15 is 0 Å². The average Bonchev–Trinajstić information content (AvgIpc) is 2.61. The third kappa shape index (κ3) is 3.14. The van der Waals surface area contributed by atoms with E-state index in [4.69, 9.17) is 4.74 Å². The first-order valence-corrected chi connectivity index (χ1v) is 9.40. The number of hydrogen-bond acceptors (Lipinski definition) is 2. The van der Waals surface area contributed by atoms with Gasteiger partial charge in [-0.3, -0.25) is 0 Å². The van der Waals surface area contributed by atoms with Crippen LogP contribution in [0, 0.1) is 29.5 Å². The van der Waals surface area contributed by atoms with Gasteiger partial charge in [-0.15, -0.1) is 0 Å². The highest BCUT2D eigenvalue weighted by atomic mass is 19.1. The average molecular weight is 346 g/mol. The summed E-state index contributed by atoms with van der Waals surface area (Å²) < 4.78 is 19.0. The lowest BCUT2D eigenvalue weighted by Gasteiger charge is -2.60. The van der Waals surface area contributed by atoms with Crippen molar-refractivity contribution in [2.45, 2.75) is 44.2 Å². The van der Waals surface area contributed by atoms with Crippen LogP contribution in [0.4, 0.5) is 9.18 Å². The highest BCUT2D eigenvalue weighted by Gasteiger charge is 2.57. The number of methoxy groups -OCH3 is 1. The van der Waals surface area contributed by atoms with Gasteiger partial charge in [0.1, 0.15) is 5.82 Å². The van der Waals surface area contributed by atoms with Crippen molar-refractivity contribution in [2.75, 3.05) is 13.7 Å². The Morgan fingerprint density at radius 2 is 1.68 bits per heavy atom. The second kappa shape index (κ2) is 6.60. The van der Waals surface area contributed by atoms with E-state index in [0.717, 1.165) is 17.4 Å². The fraction of sp³-hybridized carbons (Fsp3) is 0.650. The molecule has 0 radical (unpaired) electrons. The number of amides is 2. The topological polar surface area (TPSA) is 50.4 Å². The SMILES string of the molecule is COC1(CNC(=O)NCc2ccc(F)cc2)C2CC3CC(C2)CC1C3. The number of carbonyl (C=O) groups is 1. The number of hydrogen-bond donors (Lipinski definition) is 2. The molecule has 5 rings (SSSR count). The molecule has 0 atom stereocenters. The number of nitrogens with one attached hydrogen (secondary N) is 2. The highest BCUT2D eigenvalue weighted by Crippen LogP contribution is 2.59. The van der Waals surface area contributed by atoms with Crippen LogP contribution in [-0.2, 0) is 11.3 Å². The van der Waals surface area contributed by atoms with Gasteiger partial charge in [-0.2, -0.15) is 0 Å². The molecule has 4 saturated carbocycles. The van der Waals surface area contributed by atoms with Crippen LogP contribution in [0.15, 0.2) is 24.3 Å². The van der Waals surface area contributed by atoms with Crippen molar-refractivity contribution in [1.82, 2.24) is 10.6 Å². The summed E-state index contributed by atoms with van der Waals surface area (Å²) in [5.74, 6) is 2.63. The monoisotopic (exact) mass is 346 g/mol. The standard InChI is InChI=1S/C20H27FN2O2/c1-25-20(16-7-14-6-15(9-16)10-17(20)8-14)12-23-19(24)22-11-13-2-4-18(21)5-3-13/h2-5,14-17H,6-12H2,1H3,(H2,22,23,24).